The van der Waals surface area contributed by atoms with Crippen molar-refractivity contribution < 1.29 is 24.2 Å². The minimum absolute atomic E-state index is 0.0720. The first-order valence-electron chi connectivity index (χ1n) is 6.93. The number of carbonyl (C=O) groups excluding carboxylic acids is 2. The van der Waals surface area contributed by atoms with Gasteiger partial charge in [0.15, 0.2) is 0 Å². The van der Waals surface area contributed by atoms with Gasteiger partial charge >= 0.3 is 5.97 Å². The van der Waals surface area contributed by atoms with Crippen LogP contribution in [0, 0.1) is 0 Å². The topological polar surface area (TPSA) is 105 Å². The molecule has 0 aromatic heterocycles. The van der Waals surface area contributed by atoms with Crippen LogP contribution in [-0.2, 0) is 14.3 Å². The number of fused-ring (bicyclic) bond motifs is 1. The highest BCUT2D eigenvalue weighted by molar-refractivity contribution is 8.00. The highest BCUT2D eigenvalue weighted by atomic mass is 32.2. The van der Waals surface area contributed by atoms with Crippen LogP contribution in [0.4, 0.5) is 5.69 Å². The Kier molecular flexibility index (Phi) is 5.27. The van der Waals surface area contributed by atoms with Gasteiger partial charge in [-0.15, -0.1) is 11.8 Å². The van der Waals surface area contributed by atoms with Gasteiger partial charge in [-0.1, -0.05) is 0 Å². The van der Waals surface area contributed by atoms with Crippen molar-refractivity contribution in [2.24, 2.45) is 0 Å². The molecular formula is C15H18N2O5S. The highest BCUT2D eigenvalue weighted by Crippen LogP contribution is 2.32. The lowest BCUT2D eigenvalue weighted by molar-refractivity contribution is -0.139. The molecule has 1 heterocycles. The predicted octanol–water partition coefficient (Wildman–Crippen LogP) is 1.34. The van der Waals surface area contributed by atoms with Gasteiger partial charge in [-0.25, -0.2) is 0 Å². The summed E-state index contributed by atoms with van der Waals surface area (Å²) in [5, 5.41) is 14.4. The van der Waals surface area contributed by atoms with Gasteiger partial charge in [0.1, 0.15) is 0 Å². The lowest BCUT2D eigenvalue weighted by atomic mass is 9.98. The summed E-state index contributed by atoms with van der Waals surface area (Å²) in [6.07, 6.45) is -0.260. The van der Waals surface area contributed by atoms with Crippen LogP contribution < -0.4 is 10.6 Å². The fourth-order valence-electron chi connectivity index (χ4n) is 2.35. The van der Waals surface area contributed by atoms with E-state index in [4.69, 9.17) is 9.84 Å². The highest BCUT2D eigenvalue weighted by Gasteiger charge is 2.30. The second-order valence-electron chi connectivity index (χ2n) is 5.57. The number of hydrogen-bond acceptors (Lipinski definition) is 5. The van der Waals surface area contributed by atoms with Crippen LogP contribution in [0.3, 0.4) is 0 Å². The lowest BCUT2D eigenvalue weighted by Gasteiger charge is -2.28. The Bertz CT molecular complexity index is 649. The molecular weight excluding hydrogens is 320 g/mol. The number of nitrogens with one attached hydrogen (secondary N) is 2. The van der Waals surface area contributed by atoms with E-state index in [-0.39, 0.29) is 18.9 Å². The smallest absolute Gasteiger partial charge is 0.305 e. The van der Waals surface area contributed by atoms with Crippen molar-refractivity contribution in [1.29, 1.82) is 0 Å². The van der Waals surface area contributed by atoms with Crippen molar-refractivity contribution in [1.82, 2.24) is 5.32 Å². The number of anilines is 1. The standard InChI is InChI=1S/C15H18N2O5S/c1-15(8-22-2,6-13(19)20)17-14(21)9-3-4-11-10(5-9)16-12(18)7-23-11/h3-5H,6-8H2,1-2H3,(H,16,18)(H,17,21)(H,19,20). The Balaban J connectivity index is 2.17. The van der Waals surface area contributed by atoms with E-state index in [0.717, 1.165) is 4.90 Å². The van der Waals surface area contributed by atoms with Crippen molar-refractivity contribution in [3.63, 3.8) is 0 Å². The summed E-state index contributed by atoms with van der Waals surface area (Å²) < 4.78 is 5.01. The predicted molar refractivity (Wildman–Crippen MR) is 85.8 cm³/mol. The third-order valence-electron chi connectivity index (χ3n) is 3.29. The minimum Gasteiger partial charge on any atom is -0.481 e. The number of carboxylic acids is 1. The molecule has 1 unspecified atom stereocenters. The lowest BCUT2D eigenvalue weighted by Crippen LogP contribution is -2.50. The van der Waals surface area contributed by atoms with Crippen molar-refractivity contribution in [3.8, 4) is 0 Å². The largest absolute Gasteiger partial charge is 0.481 e. The third-order valence-corrected chi connectivity index (χ3v) is 4.37. The molecule has 0 radical (unpaired) electrons. The van der Waals surface area contributed by atoms with Crippen LogP contribution in [0.2, 0.25) is 0 Å². The first-order chi connectivity index (χ1) is 10.8. The summed E-state index contributed by atoms with van der Waals surface area (Å²) in [7, 11) is 1.44. The molecule has 0 aliphatic carbocycles. The zero-order chi connectivity index (χ0) is 17.0. The molecule has 1 atom stereocenters. The van der Waals surface area contributed by atoms with Crippen molar-refractivity contribution in [2.75, 3.05) is 24.8 Å². The van der Waals surface area contributed by atoms with E-state index in [2.05, 4.69) is 10.6 Å². The van der Waals surface area contributed by atoms with Crippen LogP contribution in [0.25, 0.3) is 0 Å². The van der Waals surface area contributed by atoms with Gasteiger partial charge in [-0.05, 0) is 25.1 Å². The van der Waals surface area contributed by atoms with Gasteiger partial charge in [-0.3, -0.25) is 14.4 Å². The van der Waals surface area contributed by atoms with Gasteiger partial charge in [0.25, 0.3) is 5.91 Å². The molecule has 7 nitrogen and oxygen atoms in total. The maximum absolute atomic E-state index is 12.4. The van der Waals surface area contributed by atoms with E-state index in [1.165, 1.54) is 18.9 Å². The Morgan fingerprint density at radius 1 is 1.48 bits per heavy atom. The van der Waals surface area contributed by atoms with Crippen molar-refractivity contribution >= 4 is 35.2 Å². The maximum Gasteiger partial charge on any atom is 0.305 e. The molecule has 0 bridgehead atoms. The number of benzene rings is 1. The normalized spacial score (nSPS) is 16.0. The summed E-state index contributed by atoms with van der Waals surface area (Å²) >= 11 is 1.41. The third kappa shape index (κ3) is 4.46. The average molecular weight is 338 g/mol. The van der Waals surface area contributed by atoms with E-state index in [0.29, 0.717) is 17.0 Å². The molecule has 2 rings (SSSR count). The summed E-state index contributed by atoms with van der Waals surface area (Å²) in [5.74, 6) is -1.21. The number of methoxy groups -OCH3 is 1. The molecule has 3 N–H and O–H groups in total. The van der Waals surface area contributed by atoms with E-state index >= 15 is 0 Å². The molecule has 0 saturated carbocycles. The van der Waals surface area contributed by atoms with Crippen LogP contribution >= 0.6 is 11.8 Å². The van der Waals surface area contributed by atoms with Gasteiger partial charge < -0.3 is 20.5 Å². The van der Waals surface area contributed by atoms with Crippen molar-refractivity contribution in [3.05, 3.63) is 23.8 Å². The second-order valence-corrected chi connectivity index (χ2v) is 6.58. The number of hydrogen-bond donors (Lipinski definition) is 3. The number of ether oxygens (including phenoxy) is 1. The number of amides is 2. The Morgan fingerprint density at radius 2 is 2.22 bits per heavy atom. The molecule has 1 aromatic rings. The average Bonchev–Trinajstić information content (AvgIpc) is 2.45. The molecule has 1 aromatic carbocycles. The monoisotopic (exact) mass is 338 g/mol. The number of rotatable bonds is 6. The van der Waals surface area contributed by atoms with Gasteiger partial charge in [0, 0.05) is 17.6 Å². The van der Waals surface area contributed by atoms with E-state index in [1.54, 1.807) is 25.1 Å². The zero-order valence-electron chi connectivity index (χ0n) is 12.8. The summed E-state index contributed by atoms with van der Waals surface area (Å²) in [6.45, 7) is 1.68. The fourth-order valence-corrected chi connectivity index (χ4v) is 3.14. The van der Waals surface area contributed by atoms with Crippen molar-refractivity contribution in [2.45, 2.75) is 23.8 Å². The maximum atomic E-state index is 12.4. The van der Waals surface area contributed by atoms with Crippen LogP contribution in [-0.4, -0.2) is 47.9 Å². The van der Waals surface area contributed by atoms with Crippen LogP contribution in [0.5, 0.6) is 0 Å². The summed E-state index contributed by atoms with van der Waals surface area (Å²) in [4.78, 5) is 35.7. The molecule has 8 heteroatoms. The molecule has 0 spiro atoms. The fraction of sp³-hybridized carbons (Fsp3) is 0.400. The molecule has 1 aliphatic rings. The Labute approximate surface area is 137 Å². The zero-order valence-corrected chi connectivity index (χ0v) is 13.7. The SMILES string of the molecule is COCC(C)(CC(=O)O)NC(=O)c1ccc2c(c1)NC(=O)CS2. The number of carbonyl (C=O) groups is 3. The summed E-state index contributed by atoms with van der Waals surface area (Å²) in [5.41, 5.74) is -0.0872. The molecule has 0 saturated heterocycles. The minimum atomic E-state index is -1.03. The number of aliphatic carboxylic acids is 1. The number of carboxylic acid groups (broad SMARTS) is 1. The van der Waals surface area contributed by atoms with Gasteiger partial charge in [-0.2, -0.15) is 0 Å². The van der Waals surface area contributed by atoms with Crippen LogP contribution in [0.15, 0.2) is 23.1 Å². The number of thioether (sulfide) groups is 1. The van der Waals surface area contributed by atoms with E-state index in [1.807, 2.05) is 0 Å². The summed E-state index contributed by atoms with van der Waals surface area (Å²) in [6, 6.07) is 4.99. The molecule has 0 fully saturated rings. The van der Waals surface area contributed by atoms with Gasteiger partial charge in [0.2, 0.25) is 5.91 Å². The first-order valence-corrected chi connectivity index (χ1v) is 7.91. The molecule has 2 amide bonds. The van der Waals surface area contributed by atoms with E-state index in [9.17, 15) is 14.4 Å². The second kappa shape index (κ2) is 7.01. The van der Waals surface area contributed by atoms with E-state index < -0.39 is 17.4 Å². The molecule has 124 valence electrons. The van der Waals surface area contributed by atoms with Crippen LogP contribution in [0.1, 0.15) is 23.7 Å². The molecule has 1 aliphatic heterocycles. The van der Waals surface area contributed by atoms with Gasteiger partial charge in [0.05, 0.1) is 30.0 Å². The Morgan fingerprint density at radius 3 is 2.87 bits per heavy atom. The Hall–Kier alpha value is -2.06. The quantitative estimate of drug-likeness (QED) is 0.723. The molecule has 23 heavy (non-hydrogen) atoms. The first kappa shape index (κ1) is 17.3.